The van der Waals surface area contributed by atoms with Gasteiger partial charge in [-0.05, 0) is 124 Å². The zero-order valence-electron chi connectivity index (χ0n) is 71.8. The molecule has 0 aliphatic rings. The maximum atomic E-state index is 6.25. The highest BCUT2D eigenvalue weighted by Gasteiger charge is 2.22. The van der Waals surface area contributed by atoms with Crippen molar-refractivity contribution in [2.75, 3.05) is 0 Å². The van der Waals surface area contributed by atoms with Gasteiger partial charge in [-0.3, -0.25) is 0 Å². The maximum absolute atomic E-state index is 6.25. The summed E-state index contributed by atoms with van der Waals surface area (Å²) in [5.74, 6) is 8.75. The summed E-state index contributed by atoms with van der Waals surface area (Å²) in [6, 6.07) is 128. The number of aromatic nitrogens is 14. The summed E-state index contributed by atoms with van der Waals surface area (Å²) in [7, 11) is 0. The summed E-state index contributed by atoms with van der Waals surface area (Å²) in [6.07, 6.45) is 0. The first-order valence-corrected chi connectivity index (χ1v) is 43.0. The maximum Gasteiger partial charge on any atom is 0.167 e. The third-order valence-corrected chi connectivity index (χ3v) is 22.6. The van der Waals surface area contributed by atoms with Crippen LogP contribution in [0.1, 0.15) is 28.9 Å². The van der Waals surface area contributed by atoms with Crippen LogP contribution in [0.15, 0.2) is 400 Å². The van der Waals surface area contributed by atoms with Gasteiger partial charge in [0.05, 0.1) is 22.3 Å². The lowest BCUT2D eigenvalue weighted by Gasteiger charge is -2.09. The van der Waals surface area contributed by atoms with Gasteiger partial charge in [-0.1, -0.05) is 309 Å². The van der Waals surface area contributed by atoms with Crippen LogP contribution >= 0.6 is 0 Å². The van der Waals surface area contributed by atoms with Crippen molar-refractivity contribution in [3.8, 4) is 114 Å². The summed E-state index contributed by atoms with van der Waals surface area (Å²) in [5.41, 5.74) is 19.5. The van der Waals surface area contributed by atoms with Gasteiger partial charge in [0.2, 0.25) is 0 Å². The lowest BCUT2D eigenvalue weighted by atomic mass is 10.0. The molecule has 16 aromatic carbocycles. The molecule has 0 saturated heterocycles. The second-order valence-electron chi connectivity index (χ2n) is 31.6. The summed E-state index contributed by atoms with van der Waals surface area (Å²) < 4.78 is 24.3. The standard InChI is InChI=1S/C28H19N3O.3C22H15N3O.C19H14N2/c1-18-9-7-12-20(17-18)27-29-26(19-10-3-2-4-11-19)30-28(31-27)23-15-8-14-22-21-13-5-6-16-24(21)32-25(22)23;1-14-23-21(15-8-3-2-4-9-15)25-22(24-14)18-12-7-11-17-16-10-5-6-13-19(16)26-20(17)18;1-14-23-21(15-8-3-2-4-9-15)25-22(24-14)17-11-7-13-19-20(17)16-10-5-6-12-18(16)26-19;1-14-23-21(15-7-3-2-4-8-15)25-22(24-14)16-11-12-20-18(13-16)17-9-5-6-10-19(17)26-20;1-13-20-18-9-5-4-8-17(18)19(21-13)16-11-10-14-6-2-3-7-15(14)12-16/h2-17H,1H3;3*2-13H,1H3;2-12H,1H3. The zero-order valence-corrected chi connectivity index (χ0v) is 71.8. The Balaban J connectivity index is 0.0000000995. The lowest BCUT2D eigenvalue weighted by molar-refractivity contribution is 0.668. The molecule has 624 valence electrons. The molecule has 9 heterocycles. The highest BCUT2D eigenvalue weighted by Crippen LogP contribution is 2.41. The molecule has 0 saturated carbocycles. The van der Waals surface area contributed by atoms with Gasteiger partial charge in [0.15, 0.2) is 52.4 Å². The fourth-order valence-corrected chi connectivity index (χ4v) is 16.5. The topological polar surface area (TPSA) is 233 Å². The molecule has 0 aliphatic heterocycles. The van der Waals surface area contributed by atoms with E-state index in [1.165, 1.54) is 10.8 Å². The third kappa shape index (κ3) is 16.7. The molecule has 0 radical (unpaired) electrons. The Morgan fingerprint density at radius 3 is 1.05 bits per heavy atom. The molecule has 9 aromatic heterocycles. The first kappa shape index (κ1) is 80.5. The van der Waals surface area contributed by atoms with E-state index in [1.54, 1.807) is 0 Å². The molecule has 25 rings (SSSR count). The quantitative estimate of drug-likeness (QED) is 0.124. The molecule has 131 heavy (non-hydrogen) atoms. The average Bonchev–Trinajstić information content (AvgIpc) is 1.64. The number of fused-ring (bicyclic) bond motifs is 14. The van der Waals surface area contributed by atoms with E-state index < -0.39 is 0 Å². The molecule has 0 fully saturated rings. The molecule has 0 aliphatic carbocycles. The normalized spacial score (nSPS) is 11.2. The zero-order chi connectivity index (χ0) is 88.3. The molecule has 0 atom stereocenters. The predicted octanol–water partition coefficient (Wildman–Crippen LogP) is 28.1. The molecular formula is C113H78N14O4. The van der Waals surface area contributed by atoms with E-state index in [0.717, 1.165) is 171 Å². The first-order chi connectivity index (χ1) is 64.4. The van der Waals surface area contributed by atoms with Crippen LogP contribution in [0.5, 0.6) is 0 Å². The highest BCUT2D eigenvalue weighted by atomic mass is 16.3. The van der Waals surface area contributed by atoms with Gasteiger partial charge in [-0.2, -0.15) is 0 Å². The largest absolute Gasteiger partial charge is 0.456 e. The average molecular weight is 1700 g/mol. The Bertz CT molecular complexity index is 8560. The van der Waals surface area contributed by atoms with Crippen LogP contribution in [0.2, 0.25) is 0 Å². The van der Waals surface area contributed by atoms with Gasteiger partial charge in [0.1, 0.15) is 68.0 Å². The van der Waals surface area contributed by atoms with Crippen LogP contribution in [0, 0.1) is 34.6 Å². The Hall–Kier alpha value is -17.6. The molecular weight excluding hydrogens is 1620 g/mol. The second-order valence-corrected chi connectivity index (χ2v) is 31.6. The van der Waals surface area contributed by atoms with E-state index in [1.807, 2.05) is 307 Å². The lowest BCUT2D eigenvalue weighted by Crippen LogP contribution is -2.00. The van der Waals surface area contributed by atoms with Gasteiger partial charge < -0.3 is 17.7 Å². The van der Waals surface area contributed by atoms with Crippen molar-refractivity contribution in [3.63, 3.8) is 0 Å². The van der Waals surface area contributed by atoms with E-state index in [4.69, 9.17) is 47.6 Å². The molecule has 18 nitrogen and oxygen atoms in total. The van der Waals surface area contributed by atoms with Crippen molar-refractivity contribution in [2.24, 2.45) is 0 Å². The van der Waals surface area contributed by atoms with Crippen LogP contribution in [-0.2, 0) is 0 Å². The fourth-order valence-electron chi connectivity index (χ4n) is 16.5. The van der Waals surface area contributed by atoms with E-state index >= 15 is 0 Å². The second kappa shape index (κ2) is 35.4. The van der Waals surface area contributed by atoms with Crippen molar-refractivity contribution < 1.29 is 17.7 Å². The first-order valence-electron chi connectivity index (χ1n) is 43.0. The number of furan rings is 4. The monoisotopic (exact) mass is 1690 g/mol. The molecule has 0 N–H and O–H groups in total. The summed E-state index contributed by atoms with van der Waals surface area (Å²) in [5, 5.41) is 12.1. The fraction of sp³-hybridized carbons (Fsp3) is 0.0442. The molecule has 0 bridgehead atoms. The smallest absolute Gasteiger partial charge is 0.167 e. The van der Waals surface area contributed by atoms with E-state index in [0.29, 0.717) is 69.9 Å². The Kier molecular flexibility index (Phi) is 21.8. The number of aryl methyl sites for hydroxylation is 5. The van der Waals surface area contributed by atoms with Crippen molar-refractivity contribution in [2.45, 2.75) is 34.6 Å². The van der Waals surface area contributed by atoms with E-state index in [-0.39, 0.29) is 0 Å². The summed E-state index contributed by atoms with van der Waals surface area (Å²) in [4.78, 5) is 65.1. The van der Waals surface area contributed by atoms with Gasteiger partial charge in [-0.25, -0.2) is 69.8 Å². The third-order valence-electron chi connectivity index (χ3n) is 22.6. The number of benzene rings is 16. The molecule has 0 spiro atoms. The minimum Gasteiger partial charge on any atom is -0.456 e. The van der Waals surface area contributed by atoms with Gasteiger partial charge in [0, 0.05) is 93.0 Å². The van der Waals surface area contributed by atoms with Crippen molar-refractivity contribution >= 4 is 109 Å². The Labute approximate surface area is 751 Å². The van der Waals surface area contributed by atoms with E-state index in [2.05, 4.69) is 150 Å². The number of hydrogen-bond donors (Lipinski definition) is 0. The van der Waals surface area contributed by atoms with Crippen molar-refractivity contribution in [1.82, 2.24) is 69.8 Å². The predicted molar refractivity (Wildman–Crippen MR) is 524 cm³/mol. The van der Waals surface area contributed by atoms with Gasteiger partial charge in [0.25, 0.3) is 0 Å². The molecule has 0 amide bonds. The van der Waals surface area contributed by atoms with Crippen LogP contribution < -0.4 is 0 Å². The molecule has 0 unspecified atom stereocenters. The van der Waals surface area contributed by atoms with Crippen LogP contribution in [0.3, 0.4) is 0 Å². The number of para-hydroxylation sites is 7. The minimum atomic E-state index is 0.597. The van der Waals surface area contributed by atoms with E-state index in [9.17, 15) is 0 Å². The molecule has 25 aromatic rings. The van der Waals surface area contributed by atoms with Crippen LogP contribution in [0.4, 0.5) is 0 Å². The Morgan fingerprint density at radius 1 is 0.176 bits per heavy atom. The van der Waals surface area contributed by atoms with Crippen LogP contribution in [-0.4, -0.2) is 69.8 Å². The SMILES string of the molecule is Cc1cccc(-c2nc(-c3ccccc3)nc(-c3cccc4c3oc3ccccc34)n2)c1.Cc1nc(-c2ccc3ccccc3c2)c2ccccc2n1.Cc1nc(-c2ccccc2)nc(-c2ccc3oc4ccccc4c3c2)n1.Cc1nc(-c2ccccc2)nc(-c2cccc3c2oc2ccccc23)n1.Cc1nc(-c2ccccc2)nc(-c2cccc3oc4ccccc4c23)n1. The summed E-state index contributed by atoms with van der Waals surface area (Å²) >= 11 is 0. The highest BCUT2D eigenvalue weighted by molar-refractivity contribution is 6.13. The number of hydrogen-bond acceptors (Lipinski definition) is 18. The Morgan fingerprint density at radius 2 is 0.511 bits per heavy atom. The van der Waals surface area contributed by atoms with Crippen molar-refractivity contribution in [3.05, 3.63) is 411 Å². The van der Waals surface area contributed by atoms with Crippen molar-refractivity contribution in [1.29, 1.82) is 0 Å². The minimum absolute atomic E-state index is 0.597. The number of rotatable bonds is 10. The van der Waals surface area contributed by atoms with Gasteiger partial charge in [-0.15, -0.1) is 0 Å². The summed E-state index contributed by atoms with van der Waals surface area (Å²) in [6.45, 7) is 9.68. The molecule has 18 heteroatoms. The number of nitrogens with zero attached hydrogens (tertiary/aromatic N) is 14. The van der Waals surface area contributed by atoms with Crippen LogP contribution in [0.25, 0.3) is 223 Å². The van der Waals surface area contributed by atoms with Gasteiger partial charge >= 0.3 is 0 Å².